The first-order chi connectivity index (χ1) is 9.93. The Kier molecular flexibility index (Phi) is 5.56. The second kappa shape index (κ2) is 7.02. The third-order valence-electron chi connectivity index (χ3n) is 3.61. The third-order valence-corrected chi connectivity index (χ3v) is 4.50. The minimum absolute atomic E-state index is 0.0495. The van der Waals surface area contributed by atoms with E-state index in [9.17, 15) is 0 Å². The van der Waals surface area contributed by atoms with Gasteiger partial charge in [0.1, 0.15) is 0 Å². The highest BCUT2D eigenvalue weighted by Gasteiger charge is 2.19. The summed E-state index contributed by atoms with van der Waals surface area (Å²) in [4.78, 5) is 0. The topological polar surface area (TPSA) is 12.0 Å². The Hall–Kier alpha value is -0.730. The van der Waals surface area contributed by atoms with Gasteiger partial charge in [-0.3, -0.25) is 0 Å². The zero-order valence-electron chi connectivity index (χ0n) is 12.3. The lowest BCUT2D eigenvalue weighted by Crippen LogP contribution is -2.23. The van der Waals surface area contributed by atoms with Gasteiger partial charge in [-0.2, -0.15) is 0 Å². The molecule has 0 bridgehead atoms. The van der Waals surface area contributed by atoms with Gasteiger partial charge >= 0.3 is 0 Å². The van der Waals surface area contributed by atoms with Crippen LogP contribution in [0.4, 0.5) is 0 Å². The van der Waals surface area contributed by atoms with Crippen LogP contribution in [0.15, 0.2) is 30.3 Å². The normalized spacial score (nSPS) is 12.5. The van der Waals surface area contributed by atoms with Gasteiger partial charge in [0, 0.05) is 15.1 Å². The number of benzene rings is 2. The van der Waals surface area contributed by atoms with Crippen molar-refractivity contribution in [1.29, 1.82) is 0 Å². The second-order valence-corrected chi connectivity index (χ2v) is 6.37. The highest BCUT2D eigenvalue weighted by Crippen LogP contribution is 2.35. The van der Waals surface area contributed by atoms with Gasteiger partial charge in [-0.15, -0.1) is 0 Å². The van der Waals surface area contributed by atoms with Crippen LogP contribution in [0.25, 0.3) is 0 Å². The zero-order chi connectivity index (χ0) is 15.6. The summed E-state index contributed by atoms with van der Waals surface area (Å²) in [5, 5.41) is 5.47. The van der Waals surface area contributed by atoms with Crippen molar-refractivity contribution >= 4 is 34.8 Å². The minimum Gasteiger partial charge on any atom is -0.306 e. The van der Waals surface area contributed by atoms with E-state index in [2.05, 4.69) is 32.2 Å². The van der Waals surface area contributed by atoms with Crippen molar-refractivity contribution in [2.75, 3.05) is 6.54 Å². The molecule has 0 heterocycles. The molecule has 0 fully saturated rings. The average molecular weight is 343 g/mol. The Morgan fingerprint density at radius 2 is 1.52 bits per heavy atom. The maximum absolute atomic E-state index is 6.46. The molecule has 0 radical (unpaired) electrons. The molecule has 0 aliphatic rings. The van der Waals surface area contributed by atoms with E-state index in [-0.39, 0.29) is 6.04 Å². The summed E-state index contributed by atoms with van der Waals surface area (Å²) >= 11 is 18.8. The van der Waals surface area contributed by atoms with Crippen molar-refractivity contribution in [3.63, 3.8) is 0 Å². The smallest absolute Gasteiger partial charge is 0.0606 e. The summed E-state index contributed by atoms with van der Waals surface area (Å²) in [7, 11) is 0. The summed E-state index contributed by atoms with van der Waals surface area (Å²) in [5.41, 5.74) is 4.41. The predicted octanol–water partition coefficient (Wildman–Crippen LogP) is 5.96. The van der Waals surface area contributed by atoms with E-state index < -0.39 is 0 Å². The minimum atomic E-state index is -0.0495. The SMILES string of the molecule is CCNC(c1ccc(Cl)cc1Cl)c1cc(C)c(C)cc1Cl. The van der Waals surface area contributed by atoms with Gasteiger partial charge in [0.15, 0.2) is 0 Å². The molecule has 0 saturated carbocycles. The summed E-state index contributed by atoms with van der Waals surface area (Å²) in [5.74, 6) is 0. The Bertz CT molecular complexity index is 653. The van der Waals surface area contributed by atoms with E-state index in [1.165, 1.54) is 11.1 Å². The van der Waals surface area contributed by atoms with E-state index in [0.29, 0.717) is 10.0 Å². The van der Waals surface area contributed by atoms with Crippen molar-refractivity contribution in [3.05, 3.63) is 67.7 Å². The van der Waals surface area contributed by atoms with Crippen LogP contribution in [0, 0.1) is 13.8 Å². The van der Waals surface area contributed by atoms with Crippen LogP contribution in [0.1, 0.15) is 35.2 Å². The molecule has 0 amide bonds. The van der Waals surface area contributed by atoms with Crippen LogP contribution in [0.2, 0.25) is 15.1 Å². The van der Waals surface area contributed by atoms with Crippen LogP contribution in [0.5, 0.6) is 0 Å². The Balaban J connectivity index is 2.55. The van der Waals surface area contributed by atoms with E-state index >= 15 is 0 Å². The third kappa shape index (κ3) is 3.73. The van der Waals surface area contributed by atoms with E-state index in [4.69, 9.17) is 34.8 Å². The van der Waals surface area contributed by atoms with Gasteiger partial charge in [-0.1, -0.05) is 53.9 Å². The molecule has 21 heavy (non-hydrogen) atoms. The molecule has 0 spiro atoms. The molecule has 0 aromatic heterocycles. The lowest BCUT2D eigenvalue weighted by molar-refractivity contribution is 0.630. The Labute approximate surface area is 141 Å². The molecular weight excluding hydrogens is 325 g/mol. The second-order valence-electron chi connectivity index (χ2n) is 5.11. The molecule has 1 N–H and O–H groups in total. The number of hydrogen-bond donors (Lipinski definition) is 1. The van der Waals surface area contributed by atoms with Gasteiger partial charge < -0.3 is 5.32 Å². The summed E-state index contributed by atoms with van der Waals surface area (Å²) in [6.45, 7) is 7.02. The molecule has 0 aliphatic heterocycles. The average Bonchev–Trinajstić information content (AvgIpc) is 2.41. The van der Waals surface area contributed by atoms with E-state index in [0.717, 1.165) is 22.7 Å². The van der Waals surface area contributed by atoms with Crippen LogP contribution < -0.4 is 5.32 Å². The van der Waals surface area contributed by atoms with Crippen molar-refractivity contribution in [1.82, 2.24) is 5.32 Å². The molecule has 112 valence electrons. The molecule has 0 aliphatic carbocycles. The number of rotatable bonds is 4. The van der Waals surface area contributed by atoms with Crippen molar-refractivity contribution in [3.8, 4) is 0 Å². The first-order valence-electron chi connectivity index (χ1n) is 6.89. The van der Waals surface area contributed by atoms with Gasteiger partial charge in [0.05, 0.1) is 6.04 Å². The van der Waals surface area contributed by atoms with Gasteiger partial charge in [-0.05, 0) is 60.8 Å². The van der Waals surface area contributed by atoms with Gasteiger partial charge in [0.2, 0.25) is 0 Å². The largest absolute Gasteiger partial charge is 0.306 e. The fourth-order valence-electron chi connectivity index (χ4n) is 2.35. The summed E-state index contributed by atoms with van der Waals surface area (Å²) in [6.07, 6.45) is 0. The molecule has 1 unspecified atom stereocenters. The van der Waals surface area contributed by atoms with Crippen molar-refractivity contribution in [2.45, 2.75) is 26.8 Å². The monoisotopic (exact) mass is 341 g/mol. The first kappa shape index (κ1) is 16.6. The fraction of sp³-hybridized carbons (Fsp3) is 0.294. The van der Waals surface area contributed by atoms with E-state index in [1.807, 2.05) is 18.2 Å². The predicted molar refractivity (Wildman–Crippen MR) is 92.9 cm³/mol. The number of halogens is 3. The number of aryl methyl sites for hydroxylation is 2. The van der Waals surface area contributed by atoms with Crippen molar-refractivity contribution in [2.24, 2.45) is 0 Å². The van der Waals surface area contributed by atoms with Crippen LogP contribution in [-0.2, 0) is 0 Å². The van der Waals surface area contributed by atoms with Gasteiger partial charge in [0.25, 0.3) is 0 Å². The quantitative estimate of drug-likeness (QED) is 0.722. The maximum Gasteiger partial charge on any atom is 0.0606 e. The molecule has 2 aromatic carbocycles. The van der Waals surface area contributed by atoms with E-state index in [1.54, 1.807) is 6.07 Å². The molecule has 0 saturated heterocycles. The maximum atomic E-state index is 6.46. The summed E-state index contributed by atoms with van der Waals surface area (Å²) in [6, 6.07) is 9.63. The van der Waals surface area contributed by atoms with Crippen LogP contribution in [0.3, 0.4) is 0 Å². The Morgan fingerprint density at radius 3 is 2.14 bits per heavy atom. The van der Waals surface area contributed by atoms with Crippen LogP contribution >= 0.6 is 34.8 Å². The molecule has 2 aromatic rings. The molecule has 1 atom stereocenters. The number of hydrogen-bond acceptors (Lipinski definition) is 1. The first-order valence-corrected chi connectivity index (χ1v) is 8.02. The van der Waals surface area contributed by atoms with Gasteiger partial charge in [-0.25, -0.2) is 0 Å². The highest BCUT2D eigenvalue weighted by molar-refractivity contribution is 6.35. The highest BCUT2D eigenvalue weighted by atomic mass is 35.5. The molecule has 2 rings (SSSR count). The zero-order valence-corrected chi connectivity index (χ0v) is 14.6. The lowest BCUT2D eigenvalue weighted by atomic mass is 9.95. The fourth-order valence-corrected chi connectivity index (χ4v) is 3.20. The van der Waals surface area contributed by atoms with Crippen LogP contribution in [-0.4, -0.2) is 6.54 Å². The Morgan fingerprint density at radius 1 is 0.905 bits per heavy atom. The standard InChI is InChI=1S/C17H18Cl3N/c1-4-21-17(13-6-5-12(18)9-16(13)20)14-7-10(2)11(3)8-15(14)19/h5-9,17,21H,4H2,1-3H3. The van der Waals surface area contributed by atoms with Crippen molar-refractivity contribution < 1.29 is 0 Å². The number of nitrogens with one attached hydrogen (secondary N) is 1. The molecule has 4 heteroatoms. The molecule has 1 nitrogen and oxygen atoms in total. The summed E-state index contributed by atoms with van der Waals surface area (Å²) < 4.78 is 0. The lowest BCUT2D eigenvalue weighted by Gasteiger charge is -2.22. The molecular formula is C17H18Cl3N.